The third kappa shape index (κ3) is 2.00. The van der Waals surface area contributed by atoms with E-state index >= 15 is 0 Å². The van der Waals surface area contributed by atoms with E-state index < -0.39 is 0 Å². The van der Waals surface area contributed by atoms with Crippen LogP contribution in [-0.4, -0.2) is 0 Å². The Morgan fingerprint density at radius 2 is 1.58 bits per heavy atom. The Labute approximate surface area is 88.5 Å². The Morgan fingerprint density at radius 3 is 2.00 bits per heavy atom. The minimum absolute atomic E-state index is 1.13. The van der Waals surface area contributed by atoms with E-state index in [9.17, 15) is 0 Å². The topological polar surface area (TPSA) is 0 Å². The molecule has 0 aliphatic rings. The first-order valence-electron chi connectivity index (χ1n) is 4.34. The summed E-state index contributed by atoms with van der Waals surface area (Å²) >= 11 is 2.43. The molecule has 0 spiro atoms. The molecule has 1 aromatic carbocycles. The summed E-state index contributed by atoms with van der Waals surface area (Å²) in [7, 11) is 0. The first-order chi connectivity index (χ1) is 5.69. The molecule has 0 saturated heterocycles. The fourth-order valence-electron chi connectivity index (χ4n) is 1.39. The molecule has 0 unspecified atom stereocenters. The number of hydrogen-bond donors (Lipinski definition) is 0. The zero-order valence-corrected chi connectivity index (χ0v) is 10.1. The lowest BCUT2D eigenvalue weighted by atomic mass is 9.99. The van der Waals surface area contributed by atoms with Crippen LogP contribution < -0.4 is 0 Å². The van der Waals surface area contributed by atoms with E-state index in [1.807, 2.05) is 0 Å². The Morgan fingerprint density at radius 1 is 1.08 bits per heavy atom. The van der Waals surface area contributed by atoms with Gasteiger partial charge in [0.15, 0.2) is 0 Å². The number of benzene rings is 1. The number of aryl methyl sites for hydroxylation is 3. The van der Waals surface area contributed by atoms with Crippen LogP contribution >= 0.6 is 22.6 Å². The Hall–Kier alpha value is -0.0500. The lowest BCUT2D eigenvalue weighted by Crippen LogP contribution is -1.93. The molecule has 66 valence electrons. The van der Waals surface area contributed by atoms with Crippen molar-refractivity contribution in [2.45, 2.75) is 31.6 Å². The van der Waals surface area contributed by atoms with Gasteiger partial charge in [0, 0.05) is 4.43 Å². The SMILES string of the molecule is CCc1cc(C)c(C)cc1CI. The predicted molar refractivity (Wildman–Crippen MR) is 63.0 cm³/mol. The largest absolute Gasteiger partial charge is 0.0812 e. The van der Waals surface area contributed by atoms with E-state index in [1.54, 1.807) is 0 Å². The maximum absolute atomic E-state index is 2.43. The predicted octanol–water partition coefficient (Wildman–Crippen LogP) is 3.80. The van der Waals surface area contributed by atoms with Gasteiger partial charge in [-0.05, 0) is 42.5 Å². The maximum atomic E-state index is 2.43. The molecule has 1 heteroatoms. The molecule has 0 atom stereocenters. The lowest BCUT2D eigenvalue weighted by Gasteiger charge is -2.08. The second-order valence-corrected chi connectivity index (χ2v) is 3.96. The summed E-state index contributed by atoms with van der Waals surface area (Å²) in [6.45, 7) is 6.59. The first-order valence-corrected chi connectivity index (χ1v) is 5.86. The Bertz CT molecular complexity index is 248. The number of hydrogen-bond acceptors (Lipinski definition) is 0. The van der Waals surface area contributed by atoms with Crippen molar-refractivity contribution in [3.63, 3.8) is 0 Å². The van der Waals surface area contributed by atoms with Crippen LogP contribution in [0, 0.1) is 13.8 Å². The zero-order chi connectivity index (χ0) is 9.14. The van der Waals surface area contributed by atoms with Crippen molar-refractivity contribution in [2.75, 3.05) is 0 Å². The maximum Gasteiger partial charge on any atom is 0.0249 e. The fraction of sp³-hybridized carbons (Fsp3) is 0.455. The van der Waals surface area contributed by atoms with Gasteiger partial charge in [-0.2, -0.15) is 0 Å². The highest BCUT2D eigenvalue weighted by Crippen LogP contribution is 2.18. The van der Waals surface area contributed by atoms with Gasteiger partial charge < -0.3 is 0 Å². The van der Waals surface area contributed by atoms with Gasteiger partial charge in [-0.15, -0.1) is 0 Å². The summed E-state index contributed by atoms with van der Waals surface area (Å²) in [4.78, 5) is 0. The summed E-state index contributed by atoms with van der Waals surface area (Å²) < 4.78 is 1.13. The second kappa shape index (κ2) is 4.26. The summed E-state index contributed by atoms with van der Waals surface area (Å²) in [5.41, 5.74) is 5.84. The summed E-state index contributed by atoms with van der Waals surface area (Å²) in [6.07, 6.45) is 1.15. The van der Waals surface area contributed by atoms with Crippen LogP contribution in [0.1, 0.15) is 29.2 Å². The smallest absolute Gasteiger partial charge is 0.0249 e. The normalized spacial score (nSPS) is 10.3. The highest BCUT2D eigenvalue weighted by molar-refractivity contribution is 14.1. The molecule has 1 rings (SSSR count). The van der Waals surface area contributed by atoms with Crippen molar-refractivity contribution >= 4 is 22.6 Å². The second-order valence-electron chi connectivity index (χ2n) is 3.19. The minimum atomic E-state index is 1.13. The van der Waals surface area contributed by atoms with Crippen molar-refractivity contribution in [3.05, 3.63) is 34.4 Å². The highest BCUT2D eigenvalue weighted by Gasteiger charge is 2.01. The van der Waals surface area contributed by atoms with Crippen LogP contribution in [0.5, 0.6) is 0 Å². The van der Waals surface area contributed by atoms with Gasteiger partial charge in [0.2, 0.25) is 0 Å². The molecule has 0 aliphatic heterocycles. The van der Waals surface area contributed by atoms with E-state index in [2.05, 4.69) is 55.5 Å². The Kier molecular flexibility index (Phi) is 3.56. The van der Waals surface area contributed by atoms with Crippen LogP contribution in [0.2, 0.25) is 0 Å². The molecule has 0 bridgehead atoms. The average Bonchev–Trinajstić information content (AvgIpc) is 2.09. The van der Waals surface area contributed by atoms with E-state index in [1.165, 1.54) is 22.3 Å². The van der Waals surface area contributed by atoms with E-state index in [0.29, 0.717) is 0 Å². The highest BCUT2D eigenvalue weighted by atomic mass is 127. The zero-order valence-electron chi connectivity index (χ0n) is 7.95. The van der Waals surface area contributed by atoms with Crippen LogP contribution in [0.15, 0.2) is 12.1 Å². The molecule has 0 N–H and O–H groups in total. The number of rotatable bonds is 2. The van der Waals surface area contributed by atoms with Crippen molar-refractivity contribution in [3.8, 4) is 0 Å². The van der Waals surface area contributed by atoms with Crippen LogP contribution in [-0.2, 0) is 10.8 Å². The molecule has 0 heterocycles. The van der Waals surface area contributed by atoms with Crippen molar-refractivity contribution in [1.82, 2.24) is 0 Å². The summed E-state index contributed by atoms with van der Waals surface area (Å²) in [6, 6.07) is 4.64. The summed E-state index contributed by atoms with van der Waals surface area (Å²) in [5.74, 6) is 0. The van der Waals surface area contributed by atoms with Gasteiger partial charge in [0.25, 0.3) is 0 Å². The van der Waals surface area contributed by atoms with Crippen LogP contribution in [0.25, 0.3) is 0 Å². The third-order valence-electron chi connectivity index (χ3n) is 2.34. The molecule has 0 fully saturated rings. The molecular formula is C11H15I. The number of halogens is 1. The molecule has 1 aromatic rings. The first kappa shape index (κ1) is 10.0. The third-order valence-corrected chi connectivity index (χ3v) is 3.16. The van der Waals surface area contributed by atoms with Gasteiger partial charge in [0.05, 0.1) is 0 Å². The van der Waals surface area contributed by atoms with Crippen LogP contribution in [0.4, 0.5) is 0 Å². The molecule has 0 aliphatic carbocycles. The quantitative estimate of drug-likeness (QED) is 0.568. The van der Waals surface area contributed by atoms with Crippen LogP contribution in [0.3, 0.4) is 0 Å². The molecular weight excluding hydrogens is 259 g/mol. The van der Waals surface area contributed by atoms with Gasteiger partial charge in [-0.1, -0.05) is 41.6 Å². The molecule has 0 nitrogen and oxygen atoms in total. The van der Waals surface area contributed by atoms with Gasteiger partial charge in [-0.25, -0.2) is 0 Å². The van der Waals surface area contributed by atoms with E-state index in [4.69, 9.17) is 0 Å². The van der Waals surface area contributed by atoms with Crippen molar-refractivity contribution in [2.24, 2.45) is 0 Å². The van der Waals surface area contributed by atoms with Crippen molar-refractivity contribution < 1.29 is 0 Å². The minimum Gasteiger partial charge on any atom is -0.0812 e. The molecule has 0 saturated carbocycles. The summed E-state index contributed by atoms with van der Waals surface area (Å²) in [5, 5.41) is 0. The fourth-order valence-corrected chi connectivity index (χ4v) is 2.10. The van der Waals surface area contributed by atoms with Gasteiger partial charge >= 0.3 is 0 Å². The monoisotopic (exact) mass is 274 g/mol. The van der Waals surface area contributed by atoms with Crippen molar-refractivity contribution in [1.29, 1.82) is 0 Å². The molecule has 0 amide bonds. The molecule has 12 heavy (non-hydrogen) atoms. The lowest BCUT2D eigenvalue weighted by molar-refractivity contribution is 1.09. The van der Waals surface area contributed by atoms with E-state index in [-0.39, 0.29) is 0 Å². The number of alkyl halides is 1. The molecule has 0 radical (unpaired) electrons. The Balaban J connectivity index is 3.19. The van der Waals surface area contributed by atoms with E-state index in [0.717, 1.165) is 10.8 Å². The average molecular weight is 274 g/mol. The van der Waals surface area contributed by atoms with Gasteiger partial charge in [0.1, 0.15) is 0 Å². The molecule has 0 aromatic heterocycles. The standard InChI is InChI=1S/C11H15I/c1-4-10-5-8(2)9(3)6-11(10)7-12/h5-6H,4,7H2,1-3H3. The van der Waals surface area contributed by atoms with Gasteiger partial charge in [-0.3, -0.25) is 0 Å².